The van der Waals surface area contributed by atoms with Crippen LogP contribution in [-0.2, 0) is 4.79 Å². The number of aliphatic hydroxyl groups excluding tert-OH is 1. The van der Waals surface area contributed by atoms with Crippen LogP contribution in [0.3, 0.4) is 0 Å². The molecule has 0 bridgehead atoms. The van der Waals surface area contributed by atoms with Gasteiger partial charge >= 0.3 is 5.97 Å². The monoisotopic (exact) mass is 183 g/mol. The normalized spacial score (nSPS) is 11.8. The molecule has 0 aliphatic carbocycles. The van der Waals surface area contributed by atoms with Crippen molar-refractivity contribution in [1.29, 1.82) is 0 Å². The molecule has 0 heterocycles. The maximum absolute atomic E-state index is 10.0. The Morgan fingerprint density at radius 2 is 2.00 bits per heavy atom. The summed E-state index contributed by atoms with van der Waals surface area (Å²) in [7, 11) is 0. The van der Waals surface area contributed by atoms with Crippen molar-refractivity contribution >= 4 is 18.4 Å². The second-order valence-corrected chi connectivity index (χ2v) is 2.14. The van der Waals surface area contributed by atoms with E-state index in [-0.39, 0.29) is 12.4 Å². The van der Waals surface area contributed by atoms with E-state index in [1.54, 1.807) is 0 Å². The zero-order valence-corrected chi connectivity index (χ0v) is 7.01. The number of carboxylic acids is 1. The van der Waals surface area contributed by atoms with Gasteiger partial charge < -0.3 is 15.9 Å². The zero-order chi connectivity index (χ0) is 7.98. The van der Waals surface area contributed by atoms with Gasteiger partial charge in [-0.15, -0.1) is 12.4 Å². The lowest BCUT2D eigenvalue weighted by Gasteiger charge is -2.02. The van der Waals surface area contributed by atoms with Crippen LogP contribution in [0.2, 0.25) is 0 Å². The topological polar surface area (TPSA) is 83.5 Å². The summed E-state index contributed by atoms with van der Waals surface area (Å²) in [6, 6.07) is 0. The first-order valence-corrected chi connectivity index (χ1v) is 3.29. The minimum atomic E-state index is -1.22. The Kier molecular flexibility index (Phi) is 9.40. The molecule has 0 rings (SSSR count). The number of carbonyl (C=O) groups is 1. The zero-order valence-electron chi connectivity index (χ0n) is 6.19. The van der Waals surface area contributed by atoms with Gasteiger partial charge in [-0.3, -0.25) is 0 Å². The van der Waals surface area contributed by atoms with Crippen LogP contribution in [0, 0.1) is 0 Å². The summed E-state index contributed by atoms with van der Waals surface area (Å²) in [6.45, 7) is 0.548. The van der Waals surface area contributed by atoms with Crippen molar-refractivity contribution in [3.8, 4) is 0 Å². The van der Waals surface area contributed by atoms with Gasteiger partial charge in [0.25, 0.3) is 0 Å². The van der Waals surface area contributed by atoms with Crippen LogP contribution >= 0.6 is 12.4 Å². The fraction of sp³-hybridized carbons (Fsp3) is 0.833. The van der Waals surface area contributed by atoms with Gasteiger partial charge in [-0.1, -0.05) is 0 Å². The van der Waals surface area contributed by atoms with Crippen LogP contribution in [0.15, 0.2) is 0 Å². The standard InChI is InChI=1S/C6H13NO3.ClH/c7-4-2-1-3-5(8)6(9)10;/h5,8H,1-4,7H2,(H,9,10);1H/t5-;/m0./s1. The van der Waals surface area contributed by atoms with Gasteiger partial charge in [-0.05, 0) is 25.8 Å². The second-order valence-electron chi connectivity index (χ2n) is 2.14. The fourth-order valence-electron chi connectivity index (χ4n) is 0.605. The summed E-state index contributed by atoms with van der Waals surface area (Å²) in [5.41, 5.74) is 5.16. The molecule has 11 heavy (non-hydrogen) atoms. The SMILES string of the molecule is Cl.NCCCC[C@H](O)C(=O)O. The average Bonchev–Trinajstić information content (AvgIpc) is 1.88. The highest BCUT2D eigenvalue weighted by atomic mass is 35.5. The second kappa shape index (κ2) is 7.78. The molecule has 4 nitrogen and oxygen atoms in total. The molecule has 5 heteroatoms. The number of nitrogens with two attached hydrogens (primary N) is 1. The van der Waals surface area contributed by atoms with Crippen molar-refractivity contribution in [2.75, 3.05) is 6.54 Å². The Morgan fingerprint density at radius 1 is 1.45 bits per heavy atom. The van der Waals surface area contributed by atoms with Gasteiger partial charge in [-0.25, -0.2) is 4.79 Å². The maximum Gasteiger partial charge on any atom is 0.332 e. The molecular formula is C6H14ClNO3. The minimum Gasteiger partial charge on any atom is -0.479 e. The van der Waals surface area contributed by atoms with Gasteiger partial charge in [0, 0.05) is 0 Å². The molecule has 0 aromatic rings. The number of hydrogen-bond acceptors (Lipinski definition) is 3. The first kappa shape index (κ1) is 13.3. The van der Waals surface area contributed by atoms with Crippen molar-refractivity contribution in [2.24, 2.45) is 5.73 Å². The van der Waals surface area contributed by atoms with E-state index in [1.807, 2.05) is 0 Å². The smallest absolute Gasteiger partial charge is 0.332 e. The number of rotatable bonds is 5. The molecule has 0 radical (unpaired) electrons. The van der Waals surface area contributed by atoms with Gasteiger partial charge in [0.1, 0.15) is 0 Å². The van der Waals surface area contributed by atoms with Gasteiger partial charge in [0.2, 0.25) is 0 Å². The molecule has 0 fully saturated rings. The average molecular weight is 184 g/mol. The van der Waals surface area contributed by atoms with Crippen molar-refractivity contribution in [2.45, 2.75) is 25.4 Å². The molecule has 0 saturated carbocycles. The number of aliphatic carboxylic acids is 1. The Balaban J connectivity index is 0. The predicted molar refractivity (Wildman–Crippen MR) is 43.8 cm³/mol. The van der Waals surface area contributed by atoms with Crippen molar-refractivity contribution in [1.82, 2.24) is 0 Å². The molecule has 0 amide bonds. The third-order valence-corrected chi connectivity index (χ3v) is 1.22. The highest BCUT2D eigenvalue weighted by Crippen LogP contribution is 1.99. The van der Waals surface area contributed by atoms with Crippen LogP contribution < -0.4 is 5.73 Å². The molecule has 0 aliphatic heterocycles. The summed E-state index contributed by atoms with van der Waals surface area (Å²) in [5, 5.41) is 16.9. The summed E-state index contributed by atoms with van der Waals surface area (Å²) in [6.07, 6.45) is 0.521. The Bertz CT molecular complexity index is 110. The van der Waals surface area contributed by atoms with Crippen LogP contribution in [0.1, 0.15) is 19.3 Å². The molecule has 0 saturated heterocycles. The Morgan fingerprint density at radius 3 is 2.36 bits per heavy atom. The van der Waals surface area contributed by atoms with Crippen LogP contribution in [0.5, 0.6) is 0 Å². The van der Waals surface area contributed by atoms with Crippen molar-refractivity contribution < 1.29 is 15.0 Å². The van der Waals surface area contributed by atoms with Gasteiger partial charge in [0.15, 0.2) is 6.10 Å². The number of hydrogen-bond donors (Lipinski definition) is 3. The number of halogens is 1. The minimum absolute atomic E-state index is 0. The molecule has 0 spiro atoms. The van der Waals surface area contributed by atoms with Crippen molar-refractivity contribution in [3.05, 3.63) is 0 Å². The van der Waals surface area contributed by atoms with Crippen LogP contribution in [0.25, 0.3) is 0 Å². The van der Waals surface area contributed by atoms with E-state index < -0.39 is 12.1 Å². The lowest BCUT2D eigenvalue weighted by Crippen LogP contribution is -2.19. The van der Waals surface area contributed by atoms with E-state index >= 15 is 0 Å². The summed E-state index contributed by atoms with van der Waals surface area (Å²) in [4.78, 5) is 10.0. The van der Waals surface area contributed by atoms with Crippen molar-refractivity contribution in [3.63, 3.8) is 0 Å². The van der Waals surface area contributed by atoms with Gasteiger partial charge in [0.05, 0.1) is 0 Å². The Hall–Kier alpha value is -0.320. The molecule has 4 N–H and O–H groups in total. The van der Waals surface area contributed by atoms with E-state index in [9.17, 15) is 4.79 Å². The molecule has 1 atom stereocenters. The fourth-order valence-corrected chi connectivity index (χ4v) is 0.605. The number of unbranched alkanes of at least 4 members (excludes halogenated alkanes) is 1. The maximum atomic E-state index is 10.0. The third kappa shape index (κ3) is 7.58. The molecule has 0 unspecified atom stereocenters. The quantitative estimate of drug-likeness (QED) is 0.524. The van der Waals surface area contributed by atoms with E-state index in [1.165, 1.54) is 0 Å². The molecule has 0 aromatic heterocycles. The van der Waals surface area contributed by atoms with E-state index in [0.717, 1.165) is 6.42 Å². The first-order valence-electron chi connectivity index (χ1n) is 3.29. The van der Waals surface area contributed by atoms with Crippen LogP contribution in [0.4, 0.5) is 0 Å². The van der Waals surface area contributed by atoms with E-state index in [0.29, 0.717) is 19.4 Å². The lowest BCUT2D eigenvalue weighted by atomic mass is 10.1. The Labute approximate surface area is 71.8 Å². The highest BCUT2D eigenvalue weighted by Gasteiger charge is 2.10. The van der Waals surface area contributed by atoms with E-state index in [4.69, 9.17) is 15.9 Å². The number of carboxylic acid groups (broad SMARTS) is 1. The van der Waals surface area contributed by atoms with E-state index in [2.05, 4.69) is 0 Å². The van der Waals surface area contributed by atoms with Gasteiger partial charge in [-0.2, -0.15) is 0 Å². The molecule has 0 aromatic carbocycles. The van der Waals surface area contributed by atoms with Crippen LogP contribution in [-0.4, -0.2) is 28.8 Å². The first-order chi connectivity index (χ1) is 4.68. The lowest BCUT2D eigenvalue weighted by molar-refractivity contribution is -0.146. The third-order valence-electron chi connectivity index (χ3n) is 1.22. The molecular weight excluding hydrogens is 170 g/mol. The summed E-state index contributed by atoms with van der Waals surface area (Å²) < 4.78 is 0. The predicted octanol–water partition coefficient (Wildman–Crippen LogP) is -0.0173. The summed E-state index contributed by atoms with van der Waals surface area (Å²) >= 11 is 0. The molecule has 68 valence electrons. The molecule has 0 aliphatic rings. The number of aliphatic hydroxyl groups is 1. The largest absolute Gasteiger partial charge is 0.479 e. The summed E-state index contributed by atoms with van der Waals surface area (Å²) in [5.74, 6) is -1.16. The highest BCUT2D eigenvalue weighted by molar-refractivity contribution is 5.85.